The van der Waals surface area contributed by atoms with Crippen LogP contribution >= 0.6 is 0 Å². The zero-order chi connectivity index (χ0) is 34.3. The molecule has 0 spiro atoms. The molecule has 0 bridgehead atoms. The molecule has 1 saturated heterocycles. The first-order valence-corrected chi connectivity index (χ1v) is 17.1. The Hall–Kier alpha value is -5.76. The molecule has 1 aliphatic rings. The first-order valence-electron chi connectivity index (χ1n) is 15.6. The molecule has 0 saturated carbocycles. The predicted molar refractivity (Wildman–Crippen MR) is 184 cm³/mol. The first kappa shape index (κ1) is 31.8. The van der Waals surface area contributed by atoms with Gasteiger partial charge >= 0.3 is 6.09 Å². The van der Waals surface area contributed by atoms with Crippen LogP contribution in [0.1, 0.15) is 18.4 Å². The number of pyridine rings is 1. The number of carboxylic acid groups (broad SMARTS) is 1. The van der Waals surface area contributed by atoms with Crippen LogP contribution in [0.25, 0.3) is 32.9 Å². The van der Waals surface area contributed by atoms with Crippen LogP contribution in [-0.2, 0) is 17.1 Å². The number of ether oxygens (including phenoxy) is 1. The summed E-state index contributed by atoms with van der Waals surface area (Å²) in [6, 6.07) is 17.9. The lowest BCUT2D eigenvalue weighted by Gasteiger charge is -2.31. The minimum atomic E-state index is -4.20. The maximum absolute atomic E-state index is 15.5. The monoisotopic (exact) mass is 681 g/mol. The third-order valence-electron chi connectivity index (χ3n) is 8.64. The summed E-state index contributed by atoms with van der Waals surface area (Å²) >= 11 is 0. The van der Waals surface area contributed by atoms with Crippen molar-refractivity contribution in [1.82, 2.24) is 24.4 Å². The van der Waals surface area contributed by atoms with Crippen molar-refractivity contribution in [2.75, 3.05) is 23.1 Å². The summed E-state index contributed by atoms with van der Waals surface area (Å²) in [5, 5.41) is 14.0. The van der Waals surface area contributed by atoms with E-state index >= 15 is 4.39 Å². The average Bonchev–Trinajstić information content (AvgIpc) is 3.48. The molecule has 1 fully saturated rings. The summed E-state index contributed by atoms with van der Waals surface area (Å²) in [5.74, 6) is 0.186. The maximum Gasteiger partial charge on any atom is 0.407 e. The third kappa shape index (κ3) is 6.18. The zero-order valence-electron chi connectivity index (χ0n) is 26.6. The fourth-order valence-corrected chi connectivity index (χ4v) is 7.50. The van der Waals surface area contributed by atoms with Gasteiger partial charge in [0.25, 0.3) is 10.0 Å². The van der Waals surface area contributed by atoms with Gasteiger partial charge in [-0.3, -0.25) is 4.72 Å². The normalized spacial score (nSPS) is 15.0. The number of anilines is 2. The van der Waals surface area contributed by atoms with E-state index in [0.717, 1.165) is 18.4 Å². The van der Waals surface area contributed by atoms with Gasteiger partial charge < -0.3 is 24.6 Å². The highest BCUT2D eigenvalue weighted by Gasteiger charge is 2.25. The van der Waals surface area contributed by atoms with Gasteiger partial charge in [0.05, 0.1) is 21.8 Å². The minimum absolute atomic E-state index is 0.0325. The lowest BCUT2D eigenvalue weighted by Crippen LogP contribution is -2.44. The second-order valence-electron chi connectivity index (χ2n) is 11.9. The summed E-state index contributed by atoms with van der Waals surface area (Å²) in [5.41, 5.74) is 2.30. The molecule has 1 amide bonds. The summed E-state index contributed by atoms with van der Waals surface area (Å²) < 4.78 is 53.6. The Morgan fingerprint density at radius 2 is 1.84 bits per heavy atom. The molecule has 7 rings (SSSR count). The fourth-order valence-electron chi connectivity index (χ4n) is 6.19. The average molecular weight is 682 g/mol. The van der Waals surface area contributed by atoms with Crippen LogP contribution in [0.5, 0.6) is 11.6 Å². The molecule has 250 valence electrons. The molecule has 49 heavy (non-hydrogen) atoms. The SMILES string of the molecule is Cc1ccc2c(NS(=O)(=O)c3cccc4c3ccn4C)c(F)ccc2c1Oc1ncccc1-c1ccnc(N[C@H]2CCCN(C(=O)O)C2)n1. The number of piperidine rings is 1. The van der Waals surface area contributed by atoms with E-state index in [1.54, 1.807) is 67.1 Å². The topological polar surface area (TPSA) is 152 Å². The number of aryl methyl sites for hydroxylation is 2. The lowest BCUT2D eigenvalue weighted by atomic mass is 10.0. The highest BCUT2D eigenvalue weighted by atomic mass is 32.2. The van der Waals surface area contributed by atoms with Crippen molar-refractivity contribution in [3.8, 4) is 22.9 Å². The van der Waals surface area contributed by atoms with Gasteiger partial charge in [-0.2, -0.15) is 0 Å². The van der Waals surface area contributed by atoms with E-state index in [0.29, 0.717) is 57.8 Å². The Morgan fingerprint density at radius 1 is 1.00 bits per heavy atom. The summed E-state index contributed by atoms with van der Waals surface area (Å²) in [6.45, 7) is 2.64. The molecule has 0 radical (unpaired) electrons. The molecular weight excluding hydrogens is 649 g/mol. The number of amides is 1. The number of carbonyl (C=O) groups is 1. The predicted octanol–water partition coefficient (Wildman–Crippen LogP) is 6.78. The Morgan fingerprint density at radius 3 is 2.67 bits per heavy atom. The molecule has 4 heterocycles. The smallest absolute Gasteiger partial charge is 0.407 e. The van der Waals surface area contributed by atoms with E-state index in [2.05, 4.69) is 25.0 Å². The number of sulfonamides is 1. The number of rotatable bonds is 8. The maximum atomic E-state index is 15.5. The number of fused-ring (bicyclic) bond motifs is 2. The quantitative estimate of drug-likeness (QED) is 0.158. The third-order valence-corrected chi connectivity index (χ3v) is 10.0. The molecule has 6 aromatic rings. The van der Waals surface area contributed by atoms with Crippen molar-refractivity contribution in [1.29, 1.82) is 0 Å². The summed E-state index contributed by atoms with van der Waals surface area (Å²) in [4.78, 5) is 26.4. The largest absolute Gasteiger partial charge is 0.465 e. The molecule has 12 nitrogen and oxygen atoms in total. The van der Waals surface area contributed by atoms with Crippen LogP contribution < -0.4 is 14.8 Å². The van der Waals surface area contributed by atoms with E-state index in [1.165, 1.54) is 17.0 Å². The van der Waals surface area contributed by atoms with Crippen molar-refractivity contribution in [3.63, 3.8) is 0 Å². The molecule has 1 atom stereocenters. The second kappa shape index (κ2) is 12.7. The number of aromatic nitrogens is 4. The van der Waals surface area contributed by atoms with Gasteiger partial charge in [0.1, 0.15) is 11.6 Å². The molecule has 3 N–H and O–H groups in total. The van der Waals surface area contributed by atoms with Crippen molar-refractivity contribution < 1.29 is 27.4 Å². The second-order valence-corrected chi connectivity index (χ2v) is 13.5. The Bertz CT molecular complexity index is 2350. The van der Waals surface area contributed by atoms with E-state index < -0.39 is 21.9 Å². The number of likely N-dealkylation sites (tertiary alicyclic amines) is 1. The van der Waals surface area contributed by atoms with Crippen molar-refractivity contribution >= 4 is 49.4 Å². The number of nitrogens with one attached hydrogen (secondary N) is 2. The van der Waals surface area contributed by atoms with Gasteiger partial charge in [0, 0.05) is 66.4 Å². The van der Waals surface area contributed by atoms with Crippen LogP contribution in [0.15, 0.2) is 90.2 Å². The highest BCUT2D eigenvalue weighted by Crippen LogP contribution is 2.40. The van der Waals surface area contributed by atoms with Gasteiger partial charge in [-0.05, 0) is 73.9 Å². The molecule has 3 aromatic heterocycles. The molecule has 14 heteroatoms. The van der Waals surface area contributed by atoms with Crippen molar-refractivity contribution in [2.24, 2.45) is 7.05 Å². The number of halogens is 1. The van der Waals surface area contributed by atoms with E-state index in [-0.39, 0.29) is 22.5 Å². The van der Waals surface area contributed by atoms with Gasteiger partial charge in [-0.15, -0.1) is 0 Å². The van der Waals surface area contributed by atoms with E-state index in [4.69, 9.17) is 4.74 Å². The fraction of sp³-hybridized carbons (Fsp3) is 0.200. The molecule has 0 unspecified atom stereocenters. The molecular formula is C35H32FN7O5S. The molecule has 0 aliphatic carbocycles. The number of nitrogens with zero attached hydrogens (tertiary/aromatic N) is 5. The Kier molecular flexibility index (Phi) is 8.24. The van der Waals surface area contributed by atoms with Crippen molar-refractivity contribution in [3.05, 3.63) is 96.7 Å². The van der Waals surface area contributed by atoms with Crippen LogP contribution in [0.4, 0.5) is 20.8 Å². The summed E-state index contributed by atoms with van der Waals surface area (Å²) in [6.07, 6.45) is 5.49. The molecule has 3 aromatic carbocycles. The zero-order valence-corrected chi connectivity index (χ0v) is 27.4. The number of hydrogen-bond donors (Lipinski definition) is 3. The number of hydrogen-bond acceptors (Lipinski definition) is 8. The van der Waals surface area contributed by atoms with Gasteiger partial charge in [0.2, 0.25) is 11.8 Å². The van der Waals surface area contributed by atoms with Gasteiger partial charge in [-0.25, -0.2) is 32.6 Å². The first-order chi connectivity index (χ1) is 23.6. The number of benzene rings is 3. The standard InChI is InChI=1S/C35H32FN7O5S/c1-21-10-11-23-24(12-13-27(36)31(23)41-49(46,47)30-9-3-8-29-26(30)15-19-42(29)2)32(21)48-33-25(7-4-16-37-33)28-14-17-38-34(40-28)39-22-6-5-18-43(20-22)35(44)45/h3-4,7-17,19,22,41H,5-6,18,20H2,1-2H3,(H,44,45)(H,38,39,40)/t22-/m0/s1. The van der Waals surface area contributed by atoms with E-state index in [9.17, 15) is 18.3 Å². The van der Waals surface area contributed by atoms with Crippen LogP contribution in [0, 0.1) is 12.7 Å². The Balaban J connectivity index is 1.22. The highest BCUT2D eigenvalue weighted by molar-refractivity contribution is 7.93. The van der Waals surface area contributed by atoms with Gasteiger partial charge in [0.15, 0.2) is 0 Å². The minimum Gasteiger partial charge on any atom is -0.465 e. The van der Waals surface area contributed by atoms with Crippen molar-refractivity contribution in [2.45, 2.75) is 30.7 Å². The Labute approximate surface area is 281 Å². The molecule has 1 aliphatic heterocycles. The van der Waals surface area contributed by atoms with Gasteiger partial charge in [-0.1, -0.05) is 18.2 Å². The van der Waals surface area contributed by atoms with E-state index in [1.807, 2.05) is 24.6 Å². The lowest BCUT2D eigenvalue weighted by molar-refractivity contribution is 0.132. The summed E-state index contributed by atoms with van der Waals surface area (Å²) in [7, 11) is -2.37. The van der Waals surface area contributed by atoms with Crippen LogP contribution in [0.3, 0.4) is 0 Å². The van der Waals surface area contributed by atoms with Crippen LogP contribution in [0.2, 0.25) is 0 Å². The van der Waals surface area contributed by atoms with Crippen LogP contribution in [-0.4, -0.2) is 63.2 Å².